The molecule has 3 rings (SSSR count). The van der Waals surface area contributed by atoms with E-state index in [2.05, 4.69) is 6.92 Å². The molecule has 0 nitrogen and oxygen atoms in total. The maximum Gasteiger partial charge on any atom is 0.159 e. The van der Waals surface area contributed by atoms with Crippen LogP contribution in [0.1, 0.15) is 89.0 Å². The van der Waals surface area contributed by atoms with Gasteiger partial charge in [-0.05, 0) is 61.1 Å². The summed E-state index contributed by atoms with van der Waals surface area (Å²) >= 11 is 0. The zero-order chi connectivity index (χ0) is 19.1. The summed E-state index contributed by atoms with van der Waals surface area (Å²) in [5.74, 6) is 0.884. The molecule has 1 saturated heterocycles. The first-order chi connectivity index (χ1) is 13.2. The largest absolute Gasteiger partial charge is 0.204 e. The lowest BCUT2D eigenvalue weighted by Crippen LogP contribution is -2.22. The number of rotatable bonds is 8. The molecule has 0 amide bonds. The summed E-state index contributed by atoms with van der Waals surface area (Å²) in [5.41, 5.74) is 0.999. The highest BCUT2D eigenvalue weighted by Gasteiger charge is 2.26. The lowest BCUT2D eigenvalue weighted by atomic mass is 9.76. The van der Waals surface area contributed by atoms with Crippen molar-refractivity contribution in [1.82, 2.24) is 0 Å². The van der Waals surface area contributed by atoms with E-state index >= 15 is 0 Å². The van der Waals surface area contributed by atoms with Gasteiger partial charge in [-0.25, -0.2) is 8.78 Å². The number of halogens is 2. The van der Waals surface area contributed by atoms with E-state index in [0.29, 0.717) is 5.92 Å². The van der Waals surface area contributed by atoms with Crippen molar-refractivity contribution < 1.29 is 8.78 Å². The topological polar surface area (TPSA) is 0 Å². The van der Waals surface area contributed by atoms with Gasteiger partial charge in [0.1, 0.15) is 0 Å². The van der Waals surface area contributed by atoms with Gasteiger partial charge < -0.3 is 0 Å². The molecule has 1 aliphatic heterocycles. The molecule has 0 atom stereocenters. The Morgan fingerprint density at radius 3 is 2.15 bits per heavy atom. The first-order valence-electron chi connectivity index (χ1n) is 11.6. The molecule has 0 radical (unpaired) electrons. The van der Waals surface area contributed by atoms with Crippen LogP contribution in [0.4, 0.5) is 8.78 Å². The number of hydrogen-bond acceptors (Lipinski definition) is 0. The molecule has 0 bridgehead atoms. The average Bonchev–Trinajstić information content (AvgIpc) is 2.70. The van der Waals surface area contributed by atoms with Crippen LogP contribution in [0.15, 0.2) is 18.2 Å². The van der Waals surface area contributed by atoms with Crippen molar-refractivity contribution in [1.29, 1.82) is 0 Å². The van der Waals surface area contributed by atoms with E-state index in [-0.39, 0.29) is 8.80 Å². The van der Waals surface area contributed by atoms with Gasteiger partial charge in [0.2, 0.25) is 0 Å². The molecule has 27 heavy (non-hydrogen) atoms. The van der Waals surface area contributed by atoms with Gasteiger partial charge in [-0.1, -0.05) is 76.1 Å². The molecule has 0 N–H and O–H groups in total. The summed E-state index contributed by atoms with van der Waals surface area (Å²) in [4.78, 5) is 0. The maximum absolute atomic E-state index is 13.5. The van der Waals surface area contributed by atoms with Gasteiger partial charge in [-0.15, -0.1) is 0 Å². The SMILES string of the molecule is CCCCC[SiH]1CCC(CC[C@H]2CC[C@H](c3ccc(F)c(F)c3)CC2)CC1. The predicted octanol–water partition coefficient (Wildman–Crippen LogP) is 7.85. The van der Waals surface area contributed by atoms with Crippen LogP contribution in [0, 0.1) is 23.5 Å². The molecule has 0 spiro atoms. The lowest BCUT2D eigenvalue weighted by Gasteiger charge is -2.32. The van der Waals surface area contributed by atoms with Crippen LogP contribution in [0.3, 0.4) is 0 Å². The lowest BCUT2D eigenvalue weighted by molar-refractivity contribution is 0.280. The standard InChI is InChI=1S/C24H38F2Si/c1-2-3-4-15-27-16-13-20(14-17-27)6-5-19-7-9-21(10-8-19)22-11-12-23(25)24(26)18-22/h11-12,18-21,27H,2-10,13-17H2,1H3/t19-,20?,21-,27?. The third-order valence-corrected chi connectivity index (χ3v) is 11.0. The molecular weight excluding hydrogens is 354 g/mol. The molecule has 1 heterocycles. The number of unbranched alkanes of at least 4 members (excludes halogenated alkanes) is 2. The maximum atomic E-state index is 13.5. The quantitative estimate of drug-likeness (QED) is 0.312. The zero-order valence-electron chi connectivity index (χ0n) is 17.2. The van der Waals surface area contributed by atoms with Crippen LogP contribution in [-0.2, 0) is 0 Å². The fraction of sp³-hybridized carbons (Fsp3) is 0.750. The Labute approximate surface area is 166 Å². The highest BCUT2D eigenvalue weighted by molar-refractivity contribution is 6.58. The molecule has 2 fully saturated rings. The highest BCUT2D eigenvalue weighted by atomic mass is 28.3. The Morgan fingerprint density at radius 1 is 0.852 bits per heavy atom. The third-order valence-electron chi connectivity index (χ3n) is 7.43. The molecule has 1 aromatic rings. The van der Waals surface area contributed by atoms with Gasteiger partial charge in [0.15, 0.2) is 11.6 Å². The van der Waals surface area contributed by atoms with E-state index in [9.17, 15) is 8.78 Å². The van der Waals surface area contributed by atoms with E-state index in [4.69, 9.17) is 0 Å². The Bertz CT molecular complexity index is 557. The van der Waals surface area contributed by atoms with Crippen LogP contribution >= 0.6 is 0 Å². The van der Waals surface area contributed by atoms with Crippen molar-refractivity contribution in [3.63, 3.8) is 0 Å². The summed E-state index contributed by atoms with van der Waals surface area (Å²) in [6, 6.07) is 9.32. The van der Waals surface area contributed by atoms with Gasteiger partial charge in [0.05, 0.1) is 0 Å². The molecule has 1 aromatic carbocycles. The summed E-state index contributed by atoms with van der Waals surface area (Å²) in [6.45, 7) is 2.31. The number of benzene rings is 1. The van der Waals surface area contributed by atoms with Crippen molar-refractivity contribution >= 4 is 8.80 Å². The first-order valence-corrected chi connectivity index (χ1v) is 14.1. The van der Waals surface area contributed by atoms with Crippen LogP contribution in [-0.4, -0.2) is 8.80 Å². The minimum atomic E-state index is -0.726. The zero-order valence-corrected chi connectivity index (χ0v) is 18.4. The van der Waals surface area contributed by atoms with Crippen molar-refractivity contribution in [3.8, 4) is 0 Å². The van der Waals surface area contributed by atoms with Crippen molar-refractivity contribution in [3.05, 3.63) is 35.4 Å². The van der Waals surface area contributed by atoms with Gasteiger partial charge >= 0.3 is 0 Å². The van der Waals surface area contributed by atoms with Crippen molar-refractivity contribution in [2.24, 2.45) is 11.8 Å². The second-order valence-electron chi connectivity index (χ2n) is 9.35. The van der Waals surface area contributed by atoms with Crippen LogP contribution in [0.25, 0.3) is 0 Å². The van der Waals surface area contributed by atoms with Crippen LogP contribution < -0.4 is 0 Å². The van der Waals surface area contributed by atoms with E-state index in [1.165, 1.54) is 69.9 Å². The van der Waals surface area contributed by atoms with Gasteiger partial charge in [0.25, 0.3) is 0 Å². The average molecular weight is 393 g/mol. The van der Waals surface area contributed by atoms with Crippen LogP contribution in [0.5, 0.6) is 0 Å². The van der Waals surface area contributed by atoms with Gasteiger partial charge in [-0.2, -0.15) is 0 Å². The Kier molecular flexibility index (Phi) is 8.36. The van der Waals surface area contributed by atoms with E-state index in [1.807, 2.05) is 0 Å². The third kappa shape index (κ3) is 6.41. The summed E-state index contributed by atoms with van der Waals surface area (Å²) in [6.07, 6.45) is 15.0. The normalized spacial score (nSPS) is 29.0. The van der Waals surface area contributed by atoms with Gasteiger partial charge in [-0.3, -0.25) is 0 Å². The van der Waals surface area contributed by atoms with E-state index < -0.39 is 11.6 Å². The van der Waals surface area contributed by atoms with E-state index in [1.54, 1.807) is 24.2 Å². The monoisotopic (exact) mass is 392 g/mol. The van der Waals surface area contributed by atoms with E-state index in [0.717, 1.165) is 30.2 Å². The Hall–Kier alpha value is -0.703. The fourth-order valence-corrected chi connectivity index (χ4v) is 9.13. The molecule has 1 saturated carbocycles. The highest BCUT2D eigenvalue weighted by Crippen LogP contribution is 2.39. The minimum Gasteiger partial charge on any atom is -0.204 e. The van der Waals surface area contributed by atoms with Crippen molar-refractivity contribution in [2.75, 3.05) is 0 Å². The van der Waals surface area contributed by atoms with Gasteiger partial charge in [0, 0.05) is 8.80 Å². The first kappa shape index (κ1) is 21.0. The molecule has 0 unspecified atom stereocenters. The molecule has 2 aliphatic rings. The second-order valence-corrected chi connectivity index (χ2v) is 12.8. The summed E-state index contributed by atoms with van der Waals surface area (Å²) in [7, 11) is -0.364. The Morgan fingerprint density at radius 2 is 1.52 bits per heavy atom. The molecule has 1 aliphatic carbocycles. The second kappa shape index (κ2) is 10.7. The molecule has 3 heteroatoms. The summed E-state index contributed by atoms with van der Waals surface area (Å²) < 4.78 is 26.6. The Balaban J connectivity index is 1.32. The molecule has 0 aromatic heterocycles. The van der Waals surface area contributed by atoms with Crippen LogP contribution in [0.2, 0.25) is 18.1 Å². The smallest absolute Gasteiger partial charge is 0.159 e. The molecular formula is C24H38F2Si. The minimum absolute atomic E-state index is 0.364. The number of hydrogen-bond donors (Lipinski definition) is 0. The fourth-order valence-electron chi connectivity index (χ4n) is 5.51. The molecule has 152 valence electrons. The predicted molar refractivity (Wildman–Crippen MR) is 114 cm³/mol. The van der Waals surface area contributed by atoms with Crippen molar-refractivity contribution in [2.45, 2.75) is 102 Å². The summed E-state index contributed by atoms with van der Waals surface area (Å²) in [5, 5.41) is 0.